The van der Waals surface area contributed by atoms with Crippen LogP contribution in [0.2, 0.25) is 5.02 Å². The van der Waals surface area contributed by atoms with E-state index in [1.807, 2.05) is 0 Å². The van der Waals surface area contributed by atoms with Gasteiger partial charge in [-0.3, -0.25) is 9.59 Å². The molecule has 1 aliphatic heterocycles. The Balaban J connectivity index is 2.07. The highest BCUT2D eigenvalue weighted by Crippen LogP contribution is 2.34. The molecular weight excluding hydrogens is 385 g/mol. The molecule has 1 aliphatic rings. The molecule has 1 heterocycles. The van der Waals surface area contributed by atoms with Gasteiger partial charge < -0.3 is 14.9 Å². The predicted molar refractivity (Wildman–Crippen MR) is 95.4 cm³/mol. The molecule has 9 heteroatoms. The topological polar surface area (TPSA) is 60.9 Å². The van der Waals surface area contributed by atoms with Gasteiger partial charge in [0.15, 0.2) is 0 Å². The van der Waals surface area contributed by atoms with Crippen molar-refractivity contribution in [3.05, 3.63) is 29.3 Å². The van der Waals surface area contributed by atoms with Crippen LogP contribution in [0.4, 0.5) is 18.9 Å². The summed E-state index contributed by atoms with van der Waals surface area (Å²) in [7, 11) is 1.62. The number of rotatable bonds is 3. The molecule has 2 amide bonds. The molecule has 0 saturated carbocycles. The summed E-state index contributed by atoms with van der Waals surface area (Å²) in [6.45, 7) is 2.10. The van der Waals surface area contributed by atoms with E-state index in [0.717, 1.165) is 4.90 Å². The molecule has 5 nitrogen and oxygen atoms in total. The molecule has 1 aromatic carbocycles. The second-order valence-corrected chi connectivity index (χ2v) is 7.50. The molecule has 150 valence electrons. The molecular formula is C18H22ClF3N2O3. The first-order valence-corrected chi connectivity index (χ1v) is 8.85. The van der Waals surface area contributed by atoms with Gasteiger partial charge in [-0.15, -0.1) is 0 Å². The number of likely N-dealkylation sites (tertiary alicyclic amines) is 1. The zero-order valence-electron chi connectivity index (χ0n) is 15.3. The van der Waals surface area contributed by atoms with E-state index in [9.17, 15) is 27.9 Å². The molecule has 0 bridgehead atoms. The van der Waals surface area contributed by atoms with E-state index in [4.69, 9.17) is 11.6 Å². The molecule has 0 spiro atoms. The number of hydrogen-bond acceptors (Lipinski definition) is 3. The van der Waals surface area contributed by atoms with Gasteiger partial charge in [-0.25, -0.2) is 0 Å². The molecule has 2 rings (SSSR count). The van der Waals surface area contributed by atoms with Gasteiger partial charge in [0.05, 0.1) is 0 Å². The highest BCUT2D eigenvalue weighted by molar-refractivity contribution is 6.30. The van der Waals surface area contributed by atoms with Crippen LogP contribution in [0.15, 0.2) is 24.3 Å². The van der Waals surface area contributed by atoms with Crippen LogP contribution in [0.25, 0.3) is 0 Å². The predicted octanol–water partition coefficient (Wildman–Crippen LogP) is 3.10. The highest BCUT2D eigenvalue weighted by Gasteiger charge is 2.57. The molecule has 1 saturated heterocycles. The van der Waals surface area contributed by atoms with Crippen LogP contribution in [-0.2, 0) is 9.59 Å². The van der Waals surface area contributed by atoms with Gasteiger partial charge in [-0.2, -0.15) is 13.2 Å². The van der Waals surface area contributed by atoms with Crippen LogP contribution in [0.5, 0.6) is 0 Å². The average Bonchev–Trinajstić information content (AvgIpc) is 2.59. The lowest BCUT2D eigenvalue weighted by molar-refractivity contribution is -0.251. The van der Waals surface area contributed by atoms with Crippen LogP contribution in [-0.4, -0.2) is 53.7 Å². The number of carbonyl (C=O) groups excluding carboxylic acids is 2. The van der Waals surface area contributed by atoms with Crippen molar-refractivity contribution >= 4 is 29.1 Å². The fourth-order valence-electron chi connectivity index (χ4n) is 3.17. The van der Waals surface area contributed by atoms with Crippen molar-refractivity contribution < 1.29 is 27.9 Å². The Morgan fingerprint density at radius 3 is 2.30 bits per heavy atom. The van der Waals surface area contributed by atoms with Crippen molar-refractivity contribution in [3.63, 3.8) is 0 Å². The first-order valence-electron chi connectivity index (χ1n) is 8.48. The first kappa shape index (κ1) is 21.5. The fraction of sp³-hybridized carbons (Fsp3) is 0.556. The van der Waals surface area contributed by atoms with Gasteiger partial charge in [-0.1, -0.05) is 18.5 Å². The van der Waals surface area contributed by atoms with Crippen molar-refractivity contribution in [3.8, 4) is 0 Å². The van der Waals surface area contributed by atoms with Gasteiger partial charge in [0, 0.05) is 36.8 Å². The monoisotopic (exact) mass is 406 g/mol. The Bertz CT molecular complexity index is 707. The van der Waals surface area contributed by atoms with Crippen LogP contribution < -0.4 is 4.90 Å². The maximum Gasteiger partial charge on any atom is 0.426 e. The van der Waals surface area contributed by atoms with Gasteiger partial charge >= 0.3 is 6.18 Å². The highest BCUT2D eigenvalue weighted by atomic mass is 35.5. The molecule has 0 aliphatic carbocycles. The third-order valence-corrected chi connectivity index (χ3v) is 5.27. The molecule has 27 heavy (non-hydrogen) atoms. The van der Waals surface area contributed by atoms with Crippen molar-refractivity contribution in [1.29, 1.82) is 0 Å². The number of carbonyl (C=O) groups is 2. The summed E-state index contributed by atoms with van der Waals surface area (Å²) in [5, 5.41) is 10.1. The fourth-order valence-corrected chi connectivity index (χ4v) is 3.29. The summed E-state index contributed by atoms with van der Waals surface area (Å²) < 4.78 is 38.7. The Labute approximate surface area is 160 Å². The molecule has 0 aromatic heterocycles. The van der Waals surface area contributed by atoms with Crippen molar-refractivity contribution in [2.45, 2.75) is 32.0 Å². The van der Waals surface area contributed by atoms with Crippen molar-refractivity contribution in [2.75, 3.05) is 25.0 Å². The maximum atomic E-state index is 12.9. The number of aliphatic hydroxyl groups is 1. The third-order valence-electron chi connectivity index (χ3n) is 5.02. The first-order chi connectivity index (χ1) is 12.4. The summed E-state index contributed by atoms with van der Waals surface area (Å²) >= 11 is 5.84. The van der Waals surface area contributed by atoms with Gasteiger partial charge in [-0.05, 0) is 43.5 Å². The molecule has 1 fully saturated rings. The minimum Gasteiger partial charge on any atom is -0.373 e. The Hall–Kier alpha value is -1.80. The minimum atomic E-state index is -5.06. The smallest absolute Gasteiger partial charge is 0.373 e. The van der Waals surface area contributed by atoms with Crippen molar-refractivity contribution in [2.24, 2.45) is 11.8 Å². The van der Waals surface area contributed by atoms with Crippen LogP contribution in [0.3, 0.4) is 0 Å². The molecule has 1 N–H and O–H groups in total. The minimum absolute atomic E-state index is 0.0275. The van der Waals surface area contributed by atoms with E-state index in [1.165, 1.54) is 4.90 Å². The standard InChI is InChI=1S/C18H22ClF3N2O3/c1-11-10-24(16(26)17(2,27)18(20,21)22)9-8-14(11)15(25)23(3)13-6-4-12(19)5-7-13/h4-7,11,14,27H,8-10H2,1-3H3/t11-,14+,17?/m1/s1. The number of alkyl halides is 3. The second-order valence-electron chi connectivity index (χ2n) is 7.07. The molecule has 0 radical (unpaired) electrons. The summed E-state index contributed by atoms with van der Waals surface area (Å²) in [6.07, 6.45) is -4.84. The van der Waals surface area contributed by atoms with E-state index in [0.29, 0.717) is 17.6 Å². The number of anilines is 1. The third kappa shape index (κ3) is 4.38. The van der Waals surface area contributed by atoms with Gasteiger partial charge in [0.1, 0.15) is 0 Å². The number of piperidine rings is 1. The number of nitrogens with zero attached hydrogens (tertiary/aromatic N) is 2. The van der Waals surface area contributed by atoms with Crippen molar-refractivity contribution in [1.82, 2.24) is 4.90 Å². The lowest BCUT2D eigenvalue weighted by Crippen LogP contribution is -2.59. The van der Waals surface area contributed by atoms with Crippen LogP contribution >= 0.6 is 11.6 Å². The molecule has 1 unspecified atom stereocenters. The summed E-state index contributed by atoms with van der Waals surface area (Å²) in [5.41, 5.74) is -2.79. The summed E-state index contributed by atoms with van der Waals surface area (Å²) in [5.74, 6) is -2.36. The lowest BCUT2D eigenvalue weighted by Gasteiger charge is -2.40. The summed E-state index contributed by atoms with van der Waals surface area (Å²) in [6, 6.07) is 6.71. The molecule has 3 atom stereocenters. The van der Waals surface area contributed by atoms with Gasteiger partial charge in [0.25, 0.3) is 5.91 Å². The van der Waals surface area contributed by atoms with E-state index in [1.54, 1.807) is 38.2 Å². The Morgan fingerprint density at radius 1 is 1.26 bits per heavy atom. The number of benzene rings is 1. The lowest BCUT2D eigenvalue weighted by atomic mass is 9.85. The maximum absolute atomic E-state index is 12.9. The average molecular weight is 407 g/mol. The Morgan fingerprint density at radius 2 is 1.81 bits per heavy atom. The van der Waals surface area contributed by atoms with Crippen LogP contribution in [0, 0.1) is 11.8 Å². The van der Waals surface area contributed by atoms with Crippen LogP contribution in [0.1, 0.15) is 20.3 Å². The largest absolute Gasteiger partial charge is 0.426 e. The van der Waals surface area contributed by atoms with Gasteiger partial charge in [0.2, 0.25) is 11.5 Å². The summed E-state index contributed by atoms with van der Waals surface area (Å²) in [4.78, 5) is 27.4. The molecule has 1 aromatic rings. The number of amides is 2. The van der Waals surface area contributed by atoms with E-state index in [2.05, 4.69) is 0 Å². The Kier molecular flexibility index (Phi) is 6.11. The zero-order chi connectivity index (χ0) is 20.6. The number of halogens is 4. The quantitative estimate of drug-likeness (QED) is 0.839. The van der Waals surface area contributed by atoms with E-state index >= 15 is 0 Å². The zero-order valence-corrected chi connectivity index (χ0v) is 16.0. The van der Waals surface area contributed by atoms with E-state index < -0.39 is 23.6 Å². The second kappa shape index (κ2) is 7.67. The normalized spacial score (nSPS) is 22.9. The van der Waals surface area contributed by atoms with E-state index in [-0.39, 0.29) is 31.3 Å². The SMILES string of the molecule is C[C@@H]1CN(C(=O)C(C)(O)C(F)(F)F)CC[C@@H]1C(=O)N(C)c1ccc(Cl)cc1. The number of hydrogen-bond donors (Lipinski definition) is 1.